The van der Waals surface area contributed by atoms with Crippen LogP contribution in [0.1, 0.15) is 49.9 Å². The molecule has 0 saturated heterocycles. The molecule has 0 spiro atoms. The molecule has 1 saturated carbocycles. The predicted octanol–water partition coefficient (Wildman–Crippen LogP) is 6.38. The Morgan fingerprint density at radius 3 is 2.46 bits per heavy atom. The number of benzene rings is 2. The van der Waals surface area contributed by atoms with Gasteiger partial charge in [-0.1, -0.05) is 49.7 Å². The molecule has 4 aromatic rings. The Labute approximate surface area is 166 Å². The van der Waals surface area contributed by atoms with Crippen LogP contribution in [0.15, 0.2) is 54.6 Å². The Balaban J connectivity index is 1.83. The summed E-state index contributed by atoms with van der Waals surface area (Å²) in [7, 11) is 1.71. The molecule has 0 aliphatic heterocycles. The number of hydrogen-bond acceptors (Lipinski definition) is 2. The van der Waals surface area contributed by atoms with Crippen LogP contribution >= 0.6 is 0 Å². The van der Waals surface area contributed by atoms with Crippen molar-refractivity contribution in [2.75, 3.05) is 7.11 Å². The lowest BCUT2D eigenvalue weighted by Crippen LogP contribution is -2.04. The molecule has 3 heteroatoms. The zero-order valence-electron chi connectivity index (χ0n) is 16.6. The first-order chi connectivity index (χ1) is 13.8. The zero-order valence-corrected chi connectivity index (χ0v) is 16.6. The van der Waals surface area contributed by atoms with Crippen molar-refractivity contribution in [3.63, 3.8) is 0 Å². The molecule has 0 unspecified atom stereocenters. The third-order valence-corrected chi connectivity index (χ3v) is 5.89. The summed E-state index contributed by atoms with van der Waals surface area (Å²) in [5, 5.41) is 7.69. The van der Waals surface area contributed by atoms with Crippen LogP contribution in [0.25, 0.3) is 27.4 Å². The van der Waals surface area contributed by atoms with Crippen LogP contribution in [-0.4, -0.2) is 16.7 Å². The van der Waals surface area contributed by atoms with Crippen LogP contribution in [0, 0.1) is 0 Å². The van der Waals surface area contributed by atoms with Gasteiger partial charge in [0.2, 0.25) is 0 Å². The van der Waals surface area contributed by atoms with Gasteiger partial charge in [-0.2, -0.15) is 5.10 Å². The Bertz CT molecular complexity index is 1140. The number of nitrogens with zero attached hydrogens (tertiary/aromatic N) is 2. The molecule has 142 valence electrons. The second-order valence-corrected chi connectivity index (χ2v) is 7.84. The molecule has 0 radical (unpaired) electrons. The summed E-state index contributed by atoms with van der Waals surface area (Å²) in [5.74, 6) is 1.54. The Kier molecular flexibility index (Phi) is 4.31. The van der Waals surface area contributed by atoms with E-state index in [-0.39, 0.29) is 0 Å². The second-order valence-electron chi connectivity index (χ2n) is 7.84. The SMILES string of the molecule is CCCCc1c(-c2ccc(OC)cc2)c2ccccc2c2cc(C3CC3)nn12. The molecule has 0 N–H and O–H groups in total. The second kappa shape index (κ2) is 6.97. The summed E-state index contributed by atoms with van der Waals surface area (Å²) in [6.45, 7) is 2.25. The molecule has 2 aromatic heterocycles. The van der Waals surface area contributed by atoms with E-state index in [1.165, 1.54) is 58.1 Å². The third-order valence-electron chi connectivity index (χ3n) is 5.89. The maximum Gasteiger partial charge on any atom is 0.118 e. The molecule has 1 aliphatic rings. The van der Waals surface area contributed by atoms with E-state index in [0.29, 0.717) is 5.92 Å². The number of fused-ring (bicyclic) bond motifs is 3. The number of ether oxygens (including phenoxy) is 1. The Morgan fingerprint density at radius 1 is 1.04 bits per heavy atom. The van der Waals surface area contributed by atoms with Crippen molar-refractivity contribution in [1.82, 2.24) is 9.61 Å². The maximum atomic E-state index is 5.38. The van der Waals surface area contributed by atoms with E-state index in [4.69, 9.17) is 9.84 Å². The van der Waals surface area contributed by atoms with Crippen LogP contribution in [-0.2, 0) is 6.42 Å². The van der Waals surface area contributed by atoms with E-state index in [1.807, 2.05) is 0 Å². The third kappa shape index (κ3) is 2.86. The number of unbranched alkanes of at least 4 members (excludes halogenated alkanes) is 1. The zero-order chi connectivity index (χ0) is 19.1. The van der Waals surface area contributed by atoms with Crippen LogP contribution in [0.2, 0.25) is 0 Å². The fourth-order valence-electron chi connectivity index (χ4n) is 4.22. The van der Waals surface area contributed by atoms with Crippen LogP contribution in [0.3, 0.4) is 0 Å². The average Bonchev–Trinajstić information content (AvgIpc) is 3.50. The van der Waals surface area contributed by atoms with Crippen molar-refractivity contribution in [3.05, 3.63) is 66.0 Å². The topological polar surface area (TPSA) is 26.5 Å². The fraction of sp³-hybridized carbons (Fsp3) is 0.320. The minimum atomic E-state index is 0.655. The fourth-order valence-corrected chi connectivity index (χ4v) is 4.22. The van der Waals surface area contributed by atoms with Crippen molar-refractivity contribution in [2.24, 2.45) is 0 Å². The standard InChI is InChI=1S/C25H26N2O/c1-3-4-9-23-25(18-12-14-19(28-2)15-13-18)21-8-6-5-7-20(21)24-16-22(17-10-11-17)26-27(23)24/h5-8,12-17H,3-4,9-11H2,1-2H3. The van der Waals surface area contributed by atoms with Crippen LogP contribution in [0.4, 0.5) is 0 Å². The van der Waals surface area contributed by atoms with Gasteiger partial charge in [0.05, 0.1) is 24.0 Å². The van der Waals surface area contributed by atoms with E-state index in [0.717, 1.165) is 18.6 Å². The molecule has 5 rings (SSSR count). The molecular formula is C25H26N2O. The molecule has 1 fully saturated rings. The van der Waals surface area contributed by atoms with Crippen molar-refractivity contribution < 1.29 is 4.74 Å². The van der Waals surface area contributed by atoms with E-state index in [2.05, 4.69) is 66.0 Å². The summed E-state index contributed by atoms with van der Waals surface area (Å²) < 4.78 is 7.62. The van der Waals surface area contributed by atoms with E-state index >= 15 is 0 Å². The summed E-state index contributed by atoms with van der Waals surface area (Å²) in [6.07, 6.45) is 5.92. The van der Waals surface area contributed by atoms with Crippen molar-refractivity contribution in [1.29, 1.82) is 0 Å². The number of methoxy groups -OCH3 is 1. The first kappa shape index (κ1) is 17.3. The van der Waals surface area contributed by atoms with Crippen molar-refractivity contribution >= 4 is 16.3 Å². The lowest BCUT2D eigenvalue weighted by atomic mass is 9.94. The molecule has 3 nitrogen and oxygen atoms in total. The van der Waals surface area contributed by atoms with Gasteiger partial charge in [0.15, 0.2) is 0 Å². The van der Waals surface area contributed by atoms with Crippen LogP contribution < -0.4 is 4.74 Å². The summed E-state index contributed by atoms with van der Waals surface area (Å²) in [4.78, 5) is 0. The number of rotatable bonds is 6. The highest BCUT2D eigenvalue weighted by molar-refractivity contribution is 6.05. The maximum absolute atomic E-state index is 5.38. The predicted molar refractivity (Wildman–Crippen MR) is 115 cm³/mol. The summed E-state index contributed by atoms with van der Waals surface area (Å²) in [6, 6.07) is 19.6. The molecule has 2 heterocycles. The van der Waals surface area contributed by atoms with Gasteiger partial charge in [0.25, 0.3) is 0 Å². The minimum absolute atomic E-state index is 0.655. The highest BCUT2D eigenvalue weighted by Gasteiger charge is 2.27. The monoisotopic (exact) mass is 370 g/mol. The van der Waals surface area contributed by atoms with Gasteiger partial charge >= 0.3 is 0 Å². The largest absolute Gasteiger partial charge is 0.497 e. The first-order valence-corrected chi connectivity index (χ1v) is 10.4. The highest BCUT2D eigenvalue weighted by Crippen LogP contribution is 2.42. The van der Waals surface area contributed by atoms with E-state index in [9.17, 15) is 0 Å². The molecule has 0 amide bonds. The number of aryl methyl sites for hydroxylation is 1. The normalized spacial score (nSPS) is 14.1. The van der Waals surface area contributed by atoms with Crippen molar-refractivity contribution in [3.8, 4) is 16.9 Å². The summed E-state index contributed by atoms with van der Waals surface area (Å²) in [5.41, 5.74) is 6.38. The lowest BCUT2D eigenvalue weighted by molar-refractivity contribution is 0.415. The highest BCUT2D eigenvalue weighted by atomic mass is 16.5. The van der Waals surface area contributed by atoms with Gasteiger partial charge in [-0.15, -0.1) is 0 Å². The van der Waals surface area contributed by atoms with Gasteiger partial charge in [0, 0.05) is 16.9 Å². The van der Waals surface area contributed by atoms with Gasteiger partial charge in [-0.3, -0.25) is 0 Å². The molecule has 0 bridgehead atoms. The van der Waals surface area contributed by atoms with Crippen molar-refractivity contribution in [2.45, 2.75) is 44.9 Å². The molecule has 28 heavy (non-hydrogen) atoms. The minimum Gasteiger partial charge on any atom is -0.497 e. The molecule has 1 aliphatic carbocycles. The molecule has 0 atom stereocenters. The number of hydrogen-bond donors (Lipinski definition) is 0. The molecule has 2 aromatic carbocycles. The number of aromatic nitrogens is 2. The first-order valence-electron chi connectivity index (χ1n) is 10.4. The van der Waals surface area contributed by atoms with Gasteiger partial charge in [0.1, 0.15) is 5.75 Å². The Morgan fingerprint density at radius 2 is 1.79 bits per heavy atom. The van der Waals surface area contributed by atoms with E-state index in [1.54, 1.807) is 7.11 Å². The van der Waals surface area contributed by atoms with Gasteiger partial charge in [-0.05, 0) is 54.8 Å². The van der Waals surface area contributed by atoms with Gasteiger partial charge < -0.3 is 4.74 Å². The van der Waals surface area contributed by atoms with Gasteiger partial charge in [-0.25, -0.2) is 4.52 Å². The van der Waals surface area contributed by atoms with E-state index < -0.39 is 0 Å². The summed E-state index contributed by atoms with van der Waals surface area (Å²) >= 11 is 0. The average molecular weight is 370 g/mol. The smallest absolute Gasteiger partial charge is 0.118 e. The molecular weight excluding hydrogens is 344 g/mol. The van der Waals surface area contributed by atoms with Crippen LogP contribution in [0.5, 0.6) is 5.75 Å². The Hall–Kier alpha value is -2.81. The quantitative estimate of drug-likeness (QED) is 0.393. The lowest BCUT2D eigenvalue weighted by Gasteiger charge is -2.16. The number of pyridine rings is 1.